The van der Waals surface area contributed by atoms with Gasteiger partial charge in [-0.15, -0.1) is 11.8 Å². The molecule has 0 aromatic heterocycles. The fraction of sp³-hybridized carbons (Fsp3) is 0.538. The maximum atomic E-state index is 9.99. The fourth-order valence-corrected chi connectivity index (χ4v) is 2.80. The van der Waals surface area contributed by atoms with Crippen LogP contribution >= 0.6 is 23.4 Å². The Morgan fingerprint density at radius 1 is 1.28 bits per heavy atom. The van der Waals surface area contributed by atoms with Gasteiger partial charge in [-0.3, -0.25) is 4.90 Å². The van der Waals surface area contributed by atoms with E-state index in [1.165, 1.54) is 0 Å². The highest BCUT2D eigenvalue weighted by Gasteiger charge is 2.14. The summed E-state index contributed by atoms with van der Waals surface area (Å²) in [6.45, 7) is 4.11. The molecular weight excluding hydrogens is 270 g/mol. The van der Waals surface area contributed by atoms with Crippen LogP contribution in [0.2, 0.25) is 5.02 Å². The Morgan fingerprint density at radius 3 is 2.61 bits per heavy atom. The molecule has 1 fully saturated rings. The zero-order valence-electron chi connectivity index (χ0n) is 10.2. The number of hydrogen-bond donors (Lipinski definition) is 1. The molecule has 100 valence electrons. The quantitative estimate of drug-likeness (QED) is 0.841. The Labute approximate surface area is 117 Å². The molecule has 5 heteroatoms. The van der Waals surface area contributed by atoms with E-state index < -0.39 is 0 Å². The Balaban J connectivity index is 1.70. The van der Waals surface area contributed by atoms with Crippen LogP contribution in [0.4, 0.5) is 0 Å². The normalized spacial score (nSPS) is 18.8. The third kappa shape index (κ3) is 4.78. The van der Waals surface area contributed by atoms with Gasteiger partial charge in [-0.1, -0.05) is 11.6 Å². The van der Waals surface area contributed by atoms with Gasteiger partial charge in [-0.05, 0) is 24.3 Å². The number of hydrogen-bond acceptors (Lipinski definition) is 4. The van der Waals surface area contributed by atoms with Gasteiger partial charge in [0.25, 0.3) is 0 Å². The molecule has 0 saturated carbocycles. The number of aliphatic hydroxyl groups is 1. The molecule has 0 amide bonds. The van der Waals surface area contributed by atoms with E-state index >= 15 is 0 Å². The van der Waals surface area contributed by atoms with Crippen molar-refractivity contribution in [2.45, 2.75) is 11.0 Å². The molecule has 0 bridgehead atoms. The van der Waals surface area contributed by atoms with Crippen molar-refractivity contribution in [3.8, 4) is 0 Å². The molecule has 1 unspecified atom stereocenters. The molecule has 1 aliphatic heterocycles. The van der Waals surface area contributed by atoms with Gasteiger partial charge < -0.3 is 9.84 Å². The van der Waals surface area contributed by atoms with Gasteiger partial charge in [0.2, 0.25) is 0 Å². The summed E-state index contributed by atoms with van der Waals surface area (Å²) in [5.74, 6) is 0.707. The number of morpholine rings is 1. The number of halogens is 1. The molecule has 1 aliphatic rings. The second-order valence-corrected chi connectivity index (χ2v) is 5.86. The zero-order chi connectivity index (χ0) is 12.8. The average Bonchev–Trinajstić information content (AvgIpc) is 2.39. The van der Waals surface area contributed by atoms with Crippen molar-refractivity contribution in [2.75, 3.05) is 38.6 Å². The molecule has 2 rings (SSSR count). The van der Waals surface area contributed by atoms with Gasteiger partial charge in [0.15, 0.2) is 0 Å². The molecule has 3 nitrogen and oxygen atoms in total. The number of aliphatic hydroxyl groups excluding tert-OH is 1. The summed E-state index contributed by atoms with van der Waals surface area (Å²) in [5, 5.41) is 10.7. The van der Waals surface area contributed by atoms with Crippen LogP contribution in [0.15, 0.2) is 29.2 Å². The van der Waals surface area contributed by atoms with Gasteiger partial charge in [0.05, 0.1) is 19.3 Å². The monoisotopic (exact) mass is 287 g/mol. The summed E-state index contributed by atoms with van der Waals surface area (Å²) < 4.78 is 5.28. The van der Waals surface area contributed by atoms with Crippen LogP contribution in [0.25, 0.3) is 0 Å². The van der Waals surface area contributed by atoms with Gasteiger partial charge in [-0.25, -0.2) is 0 Å². The predicted octanol–water partition coefficient (Wildman–Crippen LogP) is 2.13. The minimum atomic E-state index is -0.302. The Kier molecular flexibility index (Phi) is 5.79. The Morgan fingerprint density at radius 2 is 1.94 bits per heavy atom. The first-order chi connectivity index (χ1) is 8.74. The second kappa shape index (κ2) is 7.36. The molecule has 1 aromatic rings. The molecule has 0 spiro atoms. The van der Waals surface area contributed by atoms with E-state index in [2.05, 4.69) is 4.90 Å². The van der Waals surface area contributed by atoms with Gasteiger partial charge in [0, 0.05) is 35.3 Å². The first-order valence-electron chi connectivity index (χ1n) is 6.10. The Bertz CT molecular complexity index is 355. The van der Waals surface area contributed by atoms with Crippen LogP contribution in [-0.4, -0.2) is 54.7 Å². The van der Waals surface area contributed by atoms with E-state index in [0.29, 0.717) is 5.75 Å². The Hall–Kier alpha value is -0.260. The molecule has 1 atom stereocenters. The lowest BCUT2D eigenvalue weighted by molar-refractivity contribution is 0.0188. The summed E-state index contributed by atoms with van der Waals surface area (Å²) in [5.41, 5.74) is 0. The third-order valence-electron chi connectivity index (χ3n) is 2.83. The van der Waals surface area contributed by atoms with E-state index in [0.717, 1.165) is 42.8 Å². The van der Waals surface area contributed by atoms with E-state index in [9.17, 15) is 5.11 Å². The summed E-state index contributed by atoms with van der Waals surface area (Å²) in [6.07, 6.45) is -0.302. The summed E-state index contributed by atoms with van der Waals surface area (Å²) in [7, 11) is 0. The number of benzene rings is 1. The van der Waals surface area contributed by atoms with Crippen molar-refractivity contribution in [1.82, 2.24) is 4.90 Å². The average molecular weight is 288 g/mol. The molecule has 0 radical (unpaired) electrons. The number of ether oxygens (including phenoxy) is 1. The van der Waals surface area contributed by atoms with Crippen LogP contribution in [0.3, 0.4) is 0 Å². The highest BCUT2D eigenvalue weighted by atomic mass is 35.5. The number of rotatable bonds is 5. The fourth-order valence-electron chi connectivity index (χ4n) is 1.86. The largest absolute Gasteiger partial charge is 0.391 e. The van der Waals surface area contributed by atoms with Crippen LogP contribution in [0.5, 0.6) is 0 Å². The summed E-state index contributed by atoms with van der Waals surface area (Å²) in [4.78, 5) is 3.39. The number of thioether (sulfide) groups is 1. The van der Waals surface area contributed by atoms with Crippen molar-refractivity contribution in [1.29, 1.82) is 0 Å². The molecule has 1 heterocycles. The zero-order valence-corrected chi connectivity index (χ0v) is 11.8. The van der Waals surface area contributed by atoms with Crippen LogP contribution < -0.4 is 0 Å². The smallest absolute Gasteiger partial charge is 0.0760 e. The first-order valence-corrected chi connectivity index (χ1v) is 7.47. The maximum absolute atomic E-state index is 9.99. The van der Waals surface area contributed by atoms with Gasteiger partial charge in [0.1, 0.15) is 0 Å². The van der Waals surface area contributed by atoms with Crippen molar-refractivity contribution in [3.63, 3.8) is 0 Å². The van der Waals surface area contributed by atoms with E-state index in [1.54, 1.807) is 11.8 Å². The third-order valence-corrected chi connectivity index (χ3v) is 4.24. The summed E-state index contributed by atoms with van der Waals surface area (Å²) >= 11 is 7.49. The standard InChI is InChI=1S/C13H18ClNO2S/c14-11-1-3-13(4-2-11)18-10-12(16)9-15-5-7-17-8-6-15/h1-4,12,16H,5-10H2. The second-order valence-electron chi connectivity index (χ2n) is 4.33. The number of β-amino-alcohol motifs (C(OH)–C–C–N with tert-alkyl or cyclic N) is 1. The van der Waals surface area contributed by atoms with E-state index in [1.807, 2.05) is 24.3 Å². The van der Waals surface area contributed by atoms with Gasteiger partial charge >= 0.3 is 0 Å². The first kappa shape index (κ1) is 14.2. The van der Waals surface area contributed by atoms with Crippen molar-refractivity contribution in [3.05, 3.63) is 29.3 Å². The SMILES string of the molecule is OC(CSc1ccc(Cl)cc1)CN1CCOCC1. The highest BCUT2D eigenvalue weighted by Crippen LogP contribution is 2.21. The van der Waals surface area contributed by atoms with Crippen molar-refractivity contribution >= 4 is 23.4 Å². The predicted molar refractivity (Wildman–Crippen MR) is 75.4 cm³/mol. The lowest BCUT2D eigenvalue weighted by Crippen LogP contribution is -2.41. The molecule has 18 heavy (non-hydrogen) atoms. The van der Waals surface area contributed by atoms with Crippen LogP contribution in [-0.2, 0) is 4.74 Å². The lowest BCUT2D eigenvalue weighted by atomic mass is 10.3. The van der Waals surface area contributed by atoms with Crippen LogP contribution in [0.1, 0.15) is 0 Å². The molecular formula is C13H18ClNO2S. The minimum Gasteiger partial charge on any atom is -0.391 e. The maximum Gasteiger partial charge on any atom is 0.0760 e. The van der Waals surface area contributed by atoms with E-state index in [4.69, 9.17) is 16.3 Å². The molecule has 1 saturated heterocycles. The summed E-state index contributed by atoms with van der Waals surface area (Å²) in [6, 6.07) is 7.71. The number of nitrogens with zero attached hydrogens (tertiary/aromatic N) is 1. The molecule has 0 aliphatic carbocycles. The minimum absolute atomic E-state index is 0.302. The molecule has 1 aromatic carbocycles. The van der Waals surface area contributed by atoms with Gasteiger partial charge in [-0.2, -0.15) is 0 Å². The van der Waals surface area contributed by atoms with Crippen molar-refractivity contribution in [2.24, 2.45) is 0 Å². The topological polar surface area (TPSA) is 32.7 Å². The lowest BCUT2D eigenvalue weighted by Gasteiger charge is -2.28. The highest BCUT2D eigenvalue weighted by molar-refractivity contribution is 7.99. The van der Waals surface area contributed by atoms with E-state index in [-0.39, 0.29) is 6.10 Å². The van der Waals surface area contributed by atoms with Crippen LogP contribution in [0, 0.1) is 0 Å². The molecule has 1 N–H and O–H groups in total. The van der Waals surface area contributed by atoms with Crippen molar-refractivity contribution < 1.29 is 9.84 Å².